The highest BCUT2D eigenvalue weighted by atomic mass is 35.5. The van der Waals surface area contributed by atoms with Crippen molar-refractivity contribution < 1.29 is 18.3 Å². The molecule has 0 radical (unpaired) electrons. The van der Waals surface area contributed by atoms with Gasteiger partial charge in [-0.3, -0.25) is 19.9 Å². The van der Waals surface area contributed by atoms with Crippen LogP contribution in [0.4, 0.5) is 37.2 Å². The van der Waals surface area contributed by atoms with E-state index in [-0.39, 0.29) is 10.8 Å². The molecule has 71 heavy (non-hydrogen) atoms. The number of halogens is 3. The van der Waals surface area contributed by atoms with Gasteiger partial charge in [0.25, 0.3) is 0 Å². The summed E-state index contributed by atoms with van der Waals surface area (Å²) < 4.78 is 38.3. The summed E-state index contributed by atoms with van der Waals surface area (Å²) in [6.45, 7) is 21.2. The smallest absolute Gasteiger partial charge is 0.161 e. The van der Waals surface area contributed by atoms with Crippen molar-refractivity contribution >= 4 is 62.1 Å². The molecule has 4 aliphatic heterocycles. The first kappa shape index (κ1) is 47.7. The Morgan fingerprint density at radius 3 is 1.75 bits per heavy atom. The van der Waals surface area contributed by atoms with Crippen LogP contribution in [0.15, 0.2) is 98.1 Å². The summed E-state index contributed by atoms with van der Waals surface area (Å²) in [6.07, 6.45) is 12.9. The fourth-order valence-electron chi connectivity index (χ4n) is 9.76. The summed E-state index contributed by atoms with van der Waals surface area (Å²) in [5.41, 5.74) is 13.3. The standard InChI is InChI=1S/C27H27FN6O.C14H9ClFN3.C13H19N3O/c1-17-23(18-11-19(28)14-29-13-18)32-26-21(5-4-6-30-26)24(17)34-16-27(2,3)25-22(34)12-20(15-31-25)33-7-9-35-10-8-33;1-8-12(15)11-3-2-4-18-14(11)19-13(8)9-5-10(16)7-17-6-9;1-13(2)9-15-11-7-10(8-14-12(11)13)16-3-5-17-6-4-16/h4-6,11-15H,7-10,16H2,1-3H3;2-7H,1H3;7-8,15H,3-6,9H2,1-2H3. The van der Waals surface area contributed by atoms with Gasteiger partial charge in [0, 0.05) is 96.8 Å². The zero-order chi connectivity index (χ0) is 49.4. The second kappa shape index (κ2) is 19.6. The monoisotopic (exact) mass is 976 g/mol. The maximum absolute atomic E-state index is 14.1. The molecule has 0 bridgehead atoms. The predicted octanol–water partition coefficient (Wildman–Crippen LogP) is 10.2. The first-order valence-electron chi connectivity index (χ1n) is 23.8. The van der Waals surface area contributed by atoms with E-state index < -0.39 is 11.6 Å². The van der Waals surface area contributed by atoms with E-state index in [2.05, 4.69) is 95.8 Å². The minimum atomic E-state index is -0.407. The number of anilines is 5. The lowest BCUT2D eigenvalue weighted by Crippen LogP contribution is -2.36. The van der Waals surface area contributed by atoms with Gasteiger partial charge < -0.3 is 29.5 Å². The minimum absolute atomic E-state index is 0.149. The lowest BCUT2D eigenvalue weighted by atomic mass is 9.91. The highest BCUT2D eigenvalue weighted by molar-refractivity contribution is 6.36. The van der Waals surface area contributed by atoms with Gasteiger partial charge in [-0.15, -0.1) is 0 Å². The number of nitrogens with zero attached hydrogens (tertiary/aromatic N) is 11. The molecule has 14 nitrogen and oxygen atoms in total. The third kappa shape index (κ3) is 9.63. The molecule has 12 rings (SSSR count). The van der Waals surface area contributed by atoms with Crippen LogP contribution in [0, 0.1) is 25.5 Å². The normalized spacial score (nSPS) is 16.7. The zero-order valence-electron chi connectivity index (χ0n) is 40.7. The van der Waals surface area contributed by atoms with E-state index in [1.807, 2.05) is 38.4 Å². The number of hydrogen-bond acceptors (Lipinski definition) is 14. The van der Waals surface area contributed by atoms with Crippen molar-refractivity contribution in [1.29, 1.82) is 0 Å². The molecule has 0 saturated carbocycles. The van der Waals surface area contributed by atoms with Crippen LogP contribution in [0.2, 0.25) is 5.02 Å². The maximum Gasteiger partial charge on any atom is 0.161 e. The van der Waals surface area contributed by atoms with E-state index in [9.17, 15) is 8.78 Å². The number of aromatic nitrogens is 8. The van der Waals surface area contributed by atoms with Crippen LogP contribution in [0.25, 0.3) is 44.6 Å². The summed E-state index contributed by atoms with van der Waals surface area (Å²) >= 11 is 6.33. The van der Waals surface area contributed by atoms with Gasteiger partial charge in [0.2, 0.25) is 0 Å². The number of nitrogens with one attached hydrogen (secondary N) is 1. The Morgan fingerprint density at radius 2 is 1.15 bits per heavy atom. The number of fused-ring (bicyclic) bond motifs is 4. The van der Waals surface area contributed by atoms with Crippen LogP contribution in [-0.4, -0.2) is 106 Å². The van der Waals surface area contributed by atoms with Crippen molar-refractivity contribution in [2.45, 2.75) is 52.4 Å². The van der Waals surface area contributed by atoms with E-state index >= 15 is 0 Å². The van der Waals surface area contributed by atoms with Crippen molar-refractivity contribution in [1.82, 2.24) is 39.9 Å². The first-order chi connectivity index (χ1) is 34.3. The third-order valence-electron chi connectivity index (χ3n) is 13.4. The van der Waals surface area contributed by atoms with E-state index in [1.165, 1.54) is 35.4 Å². The molecule has 1 N–H and O–H groups in total. The molecule has 0 aliphatic carbocycles. The van der Waals surface area contributed by atoms with Gasteiger partial charge in [-0.2, -0.15) is 0 Å². The molecule has 17 heteroatoms. The Hall–Kier alpha value is -7.01. The highest BCUT2D eigenvalue weighted by Crippen LogP contribution is 2.48. The Kier molecular flexibility index (Phi) is 13.2. The molecule has 8 aromatic rings. The molecule has 12 heterocycles. The van der Waals surface area contributed by atoms with Crippen LogP contribution in [0.3, 0.4) is 0 Å². The van der Waals surface area contributed by atoms with Crippen LogP contribution in [-0.2, 0) is 20.3 Å². The lowest BCUT2D eigenvalue weighted by molar-refractivity contribution is 0.122. The second-order valence-electron chi connectivity index (χ2n) is 19.4. The van der Waals surface area contributed by atoms with E-state index in [4.69, 9.17) is 31.0 Å². The molecule has 0 spiro atoms. The van der Waals surface area contributed by atoms with Gasteiger partial charge >= 0.3 is 0 Å². The fourth-order valence-corrected chi connectivity index (χ4v) is 10.00. The molecule has 0 amide bonds. The number of rotatable bonds is 5. The molecule has 0 aromatic carbocycles. The Bertz CT molecular complexity index is 3270. The van der Waals surface area contributed by atoms with Crippen LogP contribution < -0.4 is 20.0 Å². The Balaban J connectivity index is 0.000000136. The molecular formula is C54H55ClF2N12O2. The van der Waals surface area contributed by atoms with Crippen molar-refractivity contribution in [2.24, 2.45) is 0 Å². The zero-order valence-corrected chi connectivity index (χ0v) is 41.4. The minimum Gasteiger partial charge on any atom is -0.383 e. The lowest BCUT2D eigenvalue weighted by Gasteiger charge is -2.30. The van der Waals surface area contributed by atoms with Gasteiger partial charge in [-0.25, -0.2) is 28.7 Å². The molecule has 364 valence electrons. The summed E-state index contributed by atoms with van der Waals surface area (Å²) in [5, 5.41) is 5.77. The fraction of sp³-hybridized carbons (Fsp3) is 0.333. The number of morpholine rings is 2. The maximum atomic E-state index is 14.1. The largest absolute Gasteiger partial charge is 0.383 e. The van der Waals surface area contributed by atoms with Crippen LogP contribution >= 0.6 is 11.6 Å². The van der Waals surface area contributed by atoms with E-state index in [0.29, 0.717) is 38.8 Å². The molecule has 4 aliphatic rings. The quantitative estimate of drug-likeness (QED) is 0.175. The van der Waals surface area contributed by atoms with Gasteiger partial charge in [-0.05, 0) is 73.5 Å². The van der Waals surface area contributed by atoms with E-state index in [1.54, 1.807) is 30.9 Å². The van der Waals surface area contributed by atoms with Crippen LogP contribution in [0.5, 0.6) is 0 Å². The van der Waals surface area contributed by atoms with Gasteiger partial charge in [0.1, 0.15) is 11.6 Å². The number of ether oxygens (including phenoxy) is 2. The third-order valence-corrected chi connectivity index (χ3v) is 13.9. The molecule has 8 aromatic heterocycles. The second-order valence-corrected chi connectivity index (χ2v) is 19.8. The van der Waals surface area contributed by atoms with Gasteiger partial charge in [0.15, 0.2) is 11.3 Å². The average molecular weight is 978 g/mol. The van der Waals surface area contributed by atoms with Crippen LogP contribution in [0.1, 0.15) is 50.2 Å². The van der Waals surface area contributed by atoms with Crippen molar-refractivity contribution in [3.63, 3.8) is 0 Å². The topological polar surface area (TPSA) is 143 Å². The van der Waals surface area contributed by atoms with Crippen molar-refractivity contribution in [3.05, 3.63) is 137 Å². The molecule has 0 atom stereocenters. The van der Waals surface area contributed by atoms with Gasteiger partial charge in [0.05, 0.1) is 107 Å². The van der Waals surface area contributed by atoms with E-state index in [0.717, 1.165) is 117 Å². The van der Waals surface area contributed by atoms with Crippen molar-refractivity contribution in [3.8, 4) is 22.5 Å². The summed E-state index contributed by atoms with van der Waals surface area (Å²) in [6, 6.07) is 15.0. The molecule has 2 saturated heterocycles. The molecule has 2 fully saturated rings. The average Bonchev–Trinajstić information content (AvgIpc) is 3.84. The summed E-state index contributed by atoms with van der Waals surface area (Å²) in [4.78, 5) is 42.5. The van der Waals surface area contributed by atoms with Crippen molar-refractivity contribution in [2.75, 3.05) is 85.7 Å². The first-order valence-corrected chi connectivity index (χ1v) is 24.2. The number of hydrogen-bond donors (Lipinski definition) is 1. The highest BCUT2D eigenvalue weighted by Gasteiger charge is 2.40. The summed E-state index contributed by atoms with van der Waals surface area (Å²) in [7, 11) is 0. The number of pyridine rings is 8. The Morgan fingerprint density at radius 1 is 0.620 bits per heavy atom. The summed E-state index contributed by atoms with van der Waals surface area (Å²) in [5.74, 6) is -0.797. The van der Waals surface area contributed by atoms with Gasteiger partial charge in [-0.1, -0.05) is 39.3 Å². The SMILES string of the molecule is CC1(C)CNc2cc(N3CCOCC3)cnc21.Cc1c(-c2cncc(F)c2)nc2ncccc2c1Cl.Cc1c(-c2cncc(F)c2)nc2ncccc2c1N1CC(C)(C)c2ncc(N3CCOCC3)cc21. The Labute approximate surface area is 416 Å². The molecule has 0 unspecified atom stereocenters. The predicted molar refractivity (Wildman–Crippen MR) is 276 cm³/mol. The molecular weight excluding hydrogens is 922 g/mol.